The maximum Gasteiger partial charge on any atom is 0.133 e. The molecule has 2 nitrogen and oxygen atoms in total. The van der Waals surface area contributed by atoms with Gasteiger partial charge in [0, 0.05) is 0 Å². The molecule has 0 N–H and O–H groups in total. The van der Waals surface area contributed by atoms with E-state index in [9.17, 15) is 0 Å². The Morgan fingerprint density at radius 1 is 0.900 bits per heavy atom. The SMILES string of the molecule is C=C(C)c1ccc2cc(C(C)=C(C#N)C#N)ccc2c1. The van der Waals surface area contributed by atoms with E-state index in [1.807, 2.05) is 49.4 Å². The van der Waals surface area contributed by atoms with E-state index in [4.69, 9.17) is 10.5 Å². The van der Waals surface area contributed by atoms with Crippen molar-refractivity contribution < 1.29 is 0 Å². The van der Waals surface area contributed by atoms with Gasteiger partial charge in [-0.1, -0.05) is 36.4 Å². The van der Waals surface area contributed by atoms with Gasteiger partial charge >= 0.3 is 0 Å². The second kappa shape index (κ2) is 5.43. The molecule has 0 aromatic heterocycles. The largest absolute Gasteiger partial charge is 0.192 e. The van der Waals surface area contributed by atoms with Crippen LogP contribution in [0.3, 0.4) is 0 Å². The fraction of sp³-hybridized carbons (Fsp3) is 0.111. The average Bonchev–Trinajstić information content (AvgIpc) is 2.47. The van der Waals surface area contributed by atoms with Crippen molar-refractivity contribution in [3.05, 3.63) is 59.7 Å². The molecule has 2 rings (SSSR count). The molecule has 0 fully saturated rings. The first kappa shape index (κ1) is 13.6. The molecular weight excluding hydrogens is 244 g/mol. The summed E-state index contributed by atoms with van der Waals surface area (Å²) in [5, 5.41) is 20.1. The Hall–Kier alpha value is -2.84. The van der Waals surface area contributed by atoms with Gasteiger partial charge in [0.05, 0.1) is 0 Å². The first-order valence-electron chi connectivity index (χ1n) is 6.28. The summed E-state index contributed by atoms with van der Waals surface area (Å²) in [7, 11) is 0. The van der Waals surface area contributed by atoms with Gasteiger partial charge in [-0.05, 0) is 53.5 Å². The summed E-state index contributed by atoms with van der Waals surface area (Å²) >= 11 is 0. The fourth-order valence-corrected chi connectivity index (χ4v) is 2.08. The third-order valence-corrected chi connectivity index (χ3v) is 3.36. The van der Waals surface area contributed by atoms with Gasteiger partial charge in [-0.25, -0.2) is 0 Å². The lowest BCUT2D eigenvalue weighted by atomic mass is 9.97. The van der Waals surface area contributed by atoms with Crippen molar-refractivity contribution in [1.82, 2.24) is 0 Å². The minimum atomic E-state index is 0.155. The summed E-state index contributed by atoms with van der Waals surface area (Å²) in [6, 6.07) is 16.0. The third-order valence-electron chi connectivity index (χ3n) is 3.36. The van der Waals surface area contributed by atoms with E-state index in [1.54, 1.807) is 6.92 Å². The van der Waals surface area contributed by atoms with Crippen molar-refractivity contribution >= 4 is 21.9 Å². The van der Waals surface area contributed by atoms with Crippen molar-refractivity contribution in [2.24, 2.45) is 0 Å². The van der Waals surface area contributed by atoms with Crippen LogP contribution in [-0.4, -0.2) is 0 Å². The zero-order chi connectivity index (χ0) is 14.7. The normalized spacial score (nSPS) is 9.60. The van der Waals surface area contributed by atoms with Crippen molar-refractivity contribution in [3.63, 3.8) is 0 Å². The molecule has 0 aliphatic heterocycles. The molecule has 0 radical (unpaired) electrons. The average molecular weight is 258 g/mol. The van der Waals surface area contributed by atoms with Crippen LogP contribution in [0.4, 0.5) is 0 Å². The van der Waals surface area contributed by atoms with Crippen molar-refractivity contribution in [2.75, 3.05) is 0 Å². The number of hydrogen-bond donors (Lipinski definition) is 0. The molecule has 0 saturated carbocycles. The number of nitrogens with zero attached hydrogens (tertiary/aromatic N) is 2. The summed E-state index contributed by atoms with van der Waals surface area (Å²) in [5.41, 5.74) is 3.91. The van der Waals surface area contributed by atoms with Gasteiger partial charge in [0.1, 0.15) is 17.7 Å². The van der Waals surface area contributed by atoms with Gasteiger partial charge in [0.15, 0.2) is 0 Å². The Bertz CT molecular complexity index is 795. The quantitative estimate of drug-likeness (QED) is 0.733. The second-order valence-electron chi connectivity index (χ2n) is 4.78. The molecule has 0 amide bonds. The highest BCUT2D eigenvalue weighted by atomic mass is 14.3. The first-order chi connectivity index (χ1) is 9.56. The van der Waals surface area contributed by atoms with Gasteiger partial charge in [-0.2, -0.15) is 10.5 Å². The van der Waals surface area contributed by atoms with Crippen LogP contribution in [-0.2, 0) is 0 Å². The van der Waals surface area contributed by atoms with Crippen LogP contribution in [0.5, 0.6) is 0 Å². The summed E-state index contributed by atoms with van der Waals surface area (Å²) < 4.78 is 0. The van der Waals surface area contributed by atoms with Crippen LogP contribution in [0.1, 0.15) is 25.0 Å². The van der Waals surface area contributed by atoms with E-state index >= 15 is 0 Å². The number of nitriles is 2. The van der Waals surface area contributed by atoms with E-state index in [0.717, 1.165) is 27.5 Å². The maximum atomic E-state index is 8.93. The van der Waals surface area contributed by atoms with Crippen molar-refractivity contribution in [3.8, 4) is 12.1 Å². The summed E-state index contributed by atoms with van der Waals surface area (Å²) in [6.07, 6.45) is 0. The number of fused-ring (bicyclic) bond motifs is 1. The number of benzene rings is 2. The lowest BCUT2D eigenvalue weighted by molar-refractivity contribution is 1.45. The zero-order valence-corrected chi connectivity index (χ0v) is 11.6. The van der Waals surface area contributed by atoms with Gasteiger partial charge in [-0.15, -0.1) is 0 Å². The Labute approximate surface area is 118 Å². The lowest BCUT2D eigenvalue weighted by Crippen LogP contribution is -1.86. The van der Waals surface area contributed by atoms with Gasteiger partial charge in [0.2, 0.25) is 0 Å². The molecule has 2 heteroatoms. The molecule has 0 aliphatic carbocycles. The minimum Gasteiger partial charge on any atom is -0.192 e. The van der Waals surface area contributed by atoms with Crippen LogP contribution in [0, 0.1) is 22.7 Å². The van der Waals surface area contributed by atoms with Gasteiger partial charge in [0.25, 0.3) is 0 Å². The Balaban J connectivity index is 2.60. The van der Waals surface area contributed by atoms with E-state index in [2.05, 4.69) is 12.6 Å². The van der Waals surface area contributed by atoms with Crippen LogP contribution < -0.4 is 0 Å². The summed E-state index contributed by atoms with van der Waals surface area (Å²) in [6.45, 7) is 7.72. The fourth-order valence-electron chi connectivity index (χ4n) is 2.08. The van der Waals surface area contributed by atoms with E-state index in [1.165, 1.54) is 0 Å². The topological polar surface area (TPSA) is 47.6 Å². The number of hydrogen-bond acceptors (Lipinski definition) is 2. The Morgan fingerprint density at radius 3 is 1.90 bits per heavy atom. The monoisotopic (exact) mass is 258 g/mol. The van der Waals surface area contributed by atoms with Gasteiger partial charge < -0.3 is 0 Å². The third kappa shape index (κ3) is 2.46. The highest BCUT2D eigenvalue weighted by Gasteiger charge is 2.05. The van der Waals surface area contributed by atoms with Crippen LogP contribution >= 0.6 is 0 Å². The molecule has 96 valence electrons. The van der Waals surface area contributed by atoms with Crippen LogP contribution in [0.25, 0.3) is 21.9 Å². The maximum absolute atomic E-state index is 8.93. The smallest absolute Gasteiger partial charge is 0.133 e. The van der Waals surface area contributed by atoms with Crippen molar-refractivity contribution in [2.45, 2.75) is 13.8 Å². The summed E-state index contributed by atoms with van der Waals surface area (Å²) in [5.74, 6) is 0. The molecule has 0 heterocycles. The van der Waals surface area contributed by atoms with Crippen molar-refractivity contribution in [1.29, 1.82) is 10.5 Å². The second-order valence-corrected chi connectivity index (χ2v) is 4.78. The molecule has 0 aliphatic rings. The molecular formula is C18H14N2. The standard InChI is InChI=1S/C18H14N2/c1-12(2)14-4-6-17-9-15(5-7-16(17)8-14)13(3)18(10-19)11-20/h4-9H,1H2,2-3H3. The molecule has 0 spiro atoms. The van der Waals surface area contributed by atoms with E-state index in [-0.39, 0.29) is 5.57 Å². The van der Waals surface area contributed by atoms with E-state index in [0.29, 0.717) is 5.57 Å². The Kier molecular flexibility index (Phi) is 3.69. The predicted octanol–water partition coefficient (Wildman–Crippen LogP) is 4.69. The van der Waals surface area contributed by atoms with Gasteiger partial charge in [-0.3, -0.25) is 0 Å². The summed E-state index contributed by atoms with van der Waals surface area (Å²) in [4.78, 5) is 0. The van der Waals surface area contributed by atoms with Crippen LogP contribution in [0.2, 0.25) is 0 Å². The molecule has 0 bridgehead atoms. The molecule has 2 aromatic carbocycles. The molecule has 0 saturated heterocycles. The highest BCUT2D eigenvalue weighted by Crippen LogP contribution is 2.25. The zero-order valence-electron chi connectivity index (χ0n) is 11.6. The number of rotatable bonds is 2. The lowest BCUT2D eigenvalue weighted by Gasteiger charge is -2.06. The highest BCUT2D eigenvalue weighted by molar-refractivity contribution is 5.89. The Morgan fingerprint density at radius 2 is 1.40 bits per heavy atom. The van der Waals surface area contributed by atoms with E-state index < -0.39 is 0 Å². The molecule has 0 unspecified atom stereocenters. The predicted molar refractivity (Wildman–Crippen MR) is 82.5 cm³/mol. The first-order valence-corrected chi connectivity index (χ1v) is 6.28. The molecule has 20 heavy (non-hydrogen) atoms. The number of allylic oxidation sites excluding steroid dienone is 3. The molecule has 0 atom stereocenters. The molecule has 2 aromatic rings. The minimum absolute atomic E-state index is 0.155. The van der Waals surface area contributed by atoms with Crippen LogP contribution in [0.15, 0.2) is 48.6 Å².